The molecular weight excluding hydrogens is 200 g/mol. The SMILES string of the molecule is CNCC1CCC(CN(C)CC2CC2C)O1. The monoisotopic (exact) mass is 226 g/mol. The van der Waals surface area contributed by atoms with Crippen LogP contribution in [-0.2, 0) is 4.74 Å². The van der Waals surface area contributed by atoms with Crippen molar-refractivity contribution in [3.05, 3.63) is 0 Å². The second-order valence-corrected chi connectivity index (χ2v) is 5.71. The van der Waals surface area contributed by atoms with Crippen LogP contribution in [0.25, 0.3) is 0 Å². The molecule has 3 heteroatoms. The summed E-state index contributed by atoms with van der Waals surface area (Å²) in [6, 6.07) is 0. The summed E-state index contributed by atoms with van der Waals surface area (Å²) in [5.74, 6) is 1.92. The van der Waals surface area contributed by atoms with Gasteiger partial charge in [0.25, 0.3) is 0 Å². The van der Waals surface area contributed by atoms with E-state index >= 15 is 0 Å². The van der Waals surface area contributed by atoms with Crippen LogP contribution < -0.4 is 5.32 Å². The quantitative estimate of drug-likeness (QED) is 0.740. The number of rotatable bonds is 6. The molecule has 3 nitrogen and oxygen atoms in total. The van der Waals surface area contributed by atoms with Crippen LogP contribution in [0.3, 0.4) is 0 Å². The fourth-order valence-electron chi connectivity index (χ4n) is 2.77. The molecule has 1 heterocycles. The van der Waals surface area contributed by atoms with Gasteiger partial charge in [-0.2, -0.15) is 0 Å². The van der Waals surface area contributed by atoms with E-state index in [4.69, 9.17) is 4.74 Å². The highest BCUT2D eigenvalue weighted by atomic mass is 16.5. The summed E-state index contributed by atoms with van der Waals surface area (Å²) in [5, 5.41) is 3.19. The number of likely N-dealkylation sites (N-methyl/N-ethyl adjacent to an activating group) is 2. The van der Waals surface area contributed by atoms with E-state index in [2.05, 4.69) is 24.2 Å². The highest BCUT2D eigenvalue weighted by Crippen LogP contribution is 2.38. The first-order valence-corrected chi connectivity index (χ1v) is 6.67. The van der Waals surface area contributed by atoms with E-state index in [9.17, 15) is 0 Å². The predicted molar refractivity (Wildman–Crippen MR) is 66.6 cm³/mol. The molecular formula is C13H26N2O. The molecule has 1 N–H and O–H groups in total. The second-order valence-electron chi connectivity index (χ2n) is 5.71. The van der Waals surface area contributed by atoms with Gasteiger partial charge in [0, 0.05) is 19.6 Å². The van der Waals surface area contributed by atoms with Crippen LogP contribution >= 0.6 is 0 Å². The average molecular weight is 226 g/mol. The van der Waals surface area contributed by atoms with Gasteiger partial charge in [0.1, 0.15) is 0 Å². The smallest absolute Gasteiger partial charge is 0.0707 e. The Morgan fingerprint density at radius 2 is 1.94 bits per heavy atom. The summed E-state index contributed by atoms with van der Waals surface area (Å²) in [7, 11) is 4.23. The summed E-state index contributed by atoms with van der Waals surface area (Å²) >= 11 is 0. The molecule has 1 aliphatic carbocycles. The number of hydrogen-bond acceptors (Lipinski definition) is 3. The van der Waals surface area contributed by atoms with Crippen LogP contribution in [0, 0.1) is 11.8 Å². The lowest BCUT2D eigenvalue weighted by Gasteiger charge is -2.21. The van der Waals surface area contributed by atoms with Crippen LogP contribution in [-0.4, -0.2) is 50.8 Å². The number of hydrogen-bond donors (Lipinski definition) is 1. The van der Waals surface area contributed by atoms with Gasteiger partial charge in [0.15, 0.2) is 0 Å². The van der Waals surface area contributed by atoms with Crippen LogP contribution in [0.15, 0.2) is 0 Å². The Morgan fingerprint density at radius 3 is 2.56 bits per heavy atom. The van der Waals surface area contributed by atoms with E-state index in [1.165, 1.54) is 25.8 Å². The molecule has 0 spiro atoms. The Balaban J connectivity index is 1.62. The summed E-state index contributed by atoms with van der Waals surface area (Å²) in [6.45, 7) is 5.73. The first kappa shape index (κ1) is 12.3. The Bertz CT molecular complexity index is 222. The molecule has 0 aromatic rings. The van der Waals surface area contributed by atoms with Crippen molar-refractivity contribution in [3.63, 3.8) is 0 Å². The molecule has 1 saturated carbocycles. The van der Waals surface area contributed by atoms with E-state index in [1.54, 1.807) is 0 Å². The van der Waals surface area contributed by atoms with Gasteiger partial charge in [0.2, 0.25) is 0 Å². The van der Waals surface area contributed by atoms with Crippen molar-refractivity contribution in [3.8, 4) is 0 Å². The fourth-order valence-corrected chi connectivity index (χ4v) is 2.77. The maximum atomic E-state index is 6.00. The lowest BCUT2D eigenvalue weighted by molar-refractivity contribution is 0.0279. The van der Waals surface area contributed by atoms with Crippen LogP contribution in [0.5, 0.6) is 0 Å². The molecule has 4 unspecified atom stereocenters. The topological polar surface area (TPSA) is 24.5 Å². The van der Waals surface area contributed by atoms with Crippen LogP contribution in [0.4, 0.5) is 0 Å². The number of nitrogens with zero attached hydrogens (tertiary/aromatic N) is 1. The molecule has 0 bridgehead atoms. The van der Waals surface area contributed by atoms with Gasteiger partial charge in [-0.1, -0.05) is 6.92 Å². The molecule has 2 aliphatic rings. The van der Waals surface area contributed by atoms with Crippen molar-refractivity contribution >= 4 is 0 Å². The van der Waals surface area contributed by atoms with Gasteiger partial charge in [-0.05, 0) is 45.2 Å². The molecule has 1 aliphatic heterocycles. The molecule has 0 amide bonds. The van der Waals surface area contributed by atoms with Crippen molar-refractivity contribution < 1.29 is 4.74 Å². The first-order chi connectivity index (χ1) is 7.69. The van der Waals surface area contributed by atoms with Gasteiger partial charge >= 0.3 is 0 Å². The molecule has 2 rings (SSSR count). The summed E-state index contributed by atoms with van der Waals surface area (Å²) in [5.41, 5.74) is 0. The average Bonchev–Trinajstić information content (AvgIpc) is 2.74. The van der Waals surface area contributed by atoms with E-state index in [0.717, 1.165) is 24.9 Å². The highest BCUT2D eigenvalue weighted by molar-refractivity contribution is 4.85. The minimum atomic E-state index is 0.447. The molecule has 2 fully saturated rings. The van der Waals surface area contributed by atoms with Crippen molar-refractivity contribution in [1.82, 2.24) is 10.2 Å². The lowest BCUT2D eigenvalue weighted by atomic mass is 10.2. The zero-order valence-electron chi connectivity index (χ0n) is 10.9. The molecule has 16 heavy (non-hydrogen) atoms. The highest BCUT2D eigenvalue weighted by Gasteiger charge is 2.34. The van der Waals surface area contributed by atoms with Crippen molar-refractivity contribution in [1.29, 1.82) is 0 Å². The van der Waals surface area contributed by atoms with Crippen LogP contribution in [0.1, 0.15) is 26.2 Å². The molecule has 94 valence electrons. The van der Waals surface area contributed by atoms with Crippen molar-refractivity contribution in [2.45, 2.75) is 38.4 Å². The van der Waals surface area contributed by atoms with Crippen molar-refractivity contribution in [2.75, 3.05) is 33.7 Å². The largest absolute Gasteiger partial charge is 0.372 e. The third-order valence-electron chi connectivity index (χ3n) is 3.96. The third kappa shape index (κ3) is 3.44. The fraction of sp³-hybridized carbons (Fsp3) is 1.00. The lowest BCUT2D eigenvalue weighted by Crippen LogP contribution is -2.32. The maximum Gasteiger partial charge on any atom is 0.0707 e. The molecule has 0 aromatic heterocycles. The molecule has 4 atom stereocenters. The summed E-state index contributed by atoms with van der Waals surface area (Å²) in [6.07, 6.45) is 4.80. The molecule has 0 radical (unpaired) electrons. The molecule has 0 aromatic carbocycles. The van der Waals surface area contributed by atoms with Crippen molar-refractivity contribution in [2.24, 2.45) is 11.8 Å². The normalized spacial score (nSPS) is 38.2. The van der Waals surface area contributed by atoms with E-state index in [1.807, 2.05) is 7.05 Å². The number of ether oxygens (including phenoxy) is 1. The van der Waals surface area contributed by atoms with Crippen LogP contribution in [0.2, 0.25) is 0 Å². The predicted octanol–water partition coefficient (Wildman–Crippen LogP) is 1.34. The standard InChI is InChI=1S/C13H26N2O/c1-10-6-11(10)8-15(3)9-13-5-4-12(16-13)7-14-2/h10-14H,4-9H2,1-3H3. The summed E-state index contributed by atoms with van der Waals surface area (Å²) < 4.78 is 6.00. The Labute approximate surface area is 99.5 Å². The zero-order chi connectivity index (χ0) is 11.5. The van der Waals surface area contributed by atoms with E-state index in [0.29, 0.717) is 12.2 Å². The minimum Gasteiger partial charge on any atom is -0.372 e. The Kier molecular flexibility index (Phi) is 4.22. The van der Waals surface area contributed by atoms with E-state index in [-0.39, 0.29) is 0 Å². The summed E-state index contributed by atoms with van der Waals surface area (Å²) in [4.78, 5) is 2.46. The second kappa shape index (κ2) is 5.48. The third-order valence-corrected chi connectivity index (χ3v) is 3.96. The van der Waals surface area contributed by atoms with Gasteiger partial charge in [0.05, 0.1) is 12.2 Å². The van der Waals surface area contributed by atoms with Gasteiger partial charge in [-0.25, -0.2) is 0 Å². The Morgan fingerprint density at radius 1 is 1.25 bits per heavy atom. The Hall–Kier alpha value is -0.120. The van der Waals surface area contributed by atoms with Gasteiger partial charge in [-0.3, -0.25) is 0 Å². The van der Waals surface area contributed by atoms with E-state index < -0.39 is 0 Å². The maximum absolute atomic E-state index is 6.00. The minimum absolute atomic E-state index is 0.447. The number of nitrogens with one attached hydrogen (secondary N) is 1. The van der Waals surface area contributed by atoms with Gasteiger partial charge < -0.3 is 15.0 Å². The molecule has 1 saturated heterocycles. The first-order valence-electron chi connectivity index (χ1n) is 6.67. The zero-order valence-corrected chi connectivity index (χ0v) is 10.9. The van der Waals surface area contributed by atoms with Gasteiger partial charge in [-0.15, -0.1) is 0 Å².